The second-order valence-corrected chi connectivity index (χ2v) is 6.45. The number of carbonyl (C=O) groups excluding carboxylic acids is 1. The fourth-order valence-corrected chi connectivity index (χ4v) is 3.07. The van der Waals surface area contributed by atoms with Gasteiger partial charge in [-0.15, -0.1) is 11.3 Å². The van der Waals surface area contributed by atoms with E-state index in [1.165, 1.54) is 6.08 Å². The highest BCUT2D eigenvalue weighted by atomic mass is 32.1. The molecule has 1 aromatic carbocycles. The van der Waals surface area contributed by atoms with Gasteiger partial charge < -0.3 is 15.0 Å². The lowest BCUT2D eigenvalue weighted by Gasteiger charge is -2.03. The van der Waals surface area contributed by atoms with E-state index in [-0.39, 0.29) is 5.91 Å². The van der Waals surface area contributed by atoms with E-state index in [9.17, 15) is 4.79 Å². The zero-order valence-electron chi connectivity index (χ0n) is 13.6. The Morgan fingerprint density at radius 3 is 3.08 bits per heavy atom. The molecule has 0 saturated carbocycles. The van der Waals surface area contributed by atoms with Crippen LogP contribution in [0.2, 0.25) is 0 Å². The Balaban J connectivity index is 1.56. The standard InChI is InChI=1S/C18H19N3O2S/c1-12-21-14(11-24-12)3-6-18(22)19-8-7-13-10-20-17-5-4-15(23-2)9-16(13)17/h3-6,9-11,20H,7-8H2,1-2H3,(H,19,22)/b6-3+. The summed E-state index contributed by atoms with van der Waals surface area (Å²) in [4.78, 5) is 19.4. The van der Waals surface area contributed by atoms with Gasteiger partial charge >= 0.3 is 0 Å². The van der Waals surface area contributed by atoms with Crippen molar-refractivity contribution in [3.63, 3.8) is 0 Å². The molecule has 3 aromatic rings. The Bertz CT molecular complexity index is 879. The molecule has 0 bridgehead atoms. The fraction of sp³-hybridized carbons (Fsp3) is 0.222. The number of thiazole rings is 1. The Morgan fingerprint density at radius 2 is 2.33 bits per heavy atom. The summed E-state index contributed by atoms with van der Waals surface area (Å²) in [6, 6.07) is 5.93. The van der Waals surface area contributed by atoms with Crippen LogP contribution in [0.5, 0.6) is 5.75 Å². The third kappa shape index (κ3) is 3.83. The quantitative estimate of drug-likeness (QED) is 0.676. The van der Waals surface area contributed by atoms with Gasteiger partial charge in [0.1, 0.15) is 5.75 Å². The first kappa shape index (κ1) is 16.3. The number of aromatic nitrogens is 2. The summed E-state index contributed by atoms with van der Waals surface area (Å²) in [7, 11) is 1.66. The van der Waals surface area contributed by atoms with Gasteiger partial charge in [0.05, 0.1) is 17.8 Å². The summed E-state index contributed by atoms with van der Waals surface area (Å²) >= 11 is 1.57. The molecule has 2 N–H and O–H groups in total. The number of hydrogen-bond acceptors (Lipinski definition) is 4. The molecule has 24 heavy (non-hydrogen) atoms. The number of benzene rings is 1. The van der Waals surface area contributed by atoms with Crippen molar-refractivity contribution in [1.29, 1.82) is 0 Å². The molecule has 124 valence electrons. The Labute approximate surface area is 144 Å². The number of aromatic amines is 1. The smallest absolute Gasteiger partial charge is 0.244 e. The molecule has 0 unspecified atom stereocenters. The van der Waals surface area contributed by atoms with Crippen molar-refractivity contribution in [2.75, 3.05) is 13.7 Å². The van der Waals surface area contributed by atoms with E-state index < -0.39 is 0 Å². The second-order valence-electron chi connectivity index (χ2n) is 5.39. The summed E-state index contributed by atoms with van der Waals surface area (Å²) in [5.74, 6) is 0.715. The minimum Gasteiger partial charge on any atom is -0.497 e. The van der Waals surface area contributed by atoms with Crippen LogP contribution in [0.15, 0.2) is 35.9 Å². The molecule has 0 aliphatic carbocycles. The summed E-state index contributed by atoms with van der Waals surface area (Å²) in [6.07, 6.45) is 5.98. The number of rotatable bonds is 6. The van der Waals surface area contributed by atoms with Gasteiger partial charge in [0, 0.05) is 35.1 Å². The molecule has 2 aromatic heterocycles. The maximum Gasteiger partial charge on any atom is 0.244 e. The number of carbonyl (C=O) groups is 1. The molecule has 5 nitrogen and oxygen atoms in total. The van der Waals surface area contributed by atoms with E-state index in [0.717, 1.165) is 39.3 Å². The molecule has 0 saturated heterocycles. The molecule has 2 heterocycles. The number of amides is 1. The number of nitrogens with one attached hydrogen (secondary N) is 2. The summed E-state index contributed by atoms with van der Waals surface area (Å²) < 4.78 is 5.27. The maximum absolute atomic E-state index is 11.9. The van der Waals surface area contributed by atoms with Crippen LogP contribution in [0.25, 0.3) is 17.0 Å². The summed E-state index contributed by atoms with van der Waals surface area (Å²) in [5, 5.41) is 6.94. The Morgan fingerprint density at radius 1 is 1.46 bits per heavy atom. The second kappa shape index (κ2) is 7.31. The lowest BCUT2D eigenvalue weighted by Crippen LogP contribution is -2.23. The van der Waals surface area contributed by atoms with Crippen molar-refractivity contribution in [1.82, 2.24) is 15.3 Å². The molecular weight excluding hydrogens is 322 g/mol. The van der Waals surface area contributed by atoms with Gasteiger partial charge in [-0.1, -0.05) is 0 Å². The third-order valence-electron chi connectivity index (χ3n) is 3.71. The lowest BCUT2D eigenvalue weighted by molar-refractivity contribution is -0.116. The topological polar surface area (TPSA) is 67.0 Å². The number of aryl methyl sites for hydroxylation is 1. The summed E-state index contributed by atoms with van der Waals surface area (Å²) in [6.45, 7) is 2.52. The van der Waals surface area contributed by atoms with Crippen molar-refractivity contribution in [3.8, 4) is 5.75 Å². The van der Waals surface area contributed by atoms with Crippen molar-refractivity contribution in [2.24, 2.45) is 0 Å². The van der Waals surface area contributed by atoms with E-state index in [1.54, 1.807) is 24.5 Å². The fourth-order valence-electron chi connectivity index (χ4n) is 2.49. The minimum absolute atomic E-state index is 0.113. The first-order valence-electron chi connectivity index (χ1n) is 7.68. The third-order valence-corrected chi connectivity index (χ3v) is 4.50. The van der Waals surface area contributed by atoms with Gasteiger partial charge in [-0.3, -0.25) is 4.79 Å². The molecule has 6 heteroatoms. The van der Waals surface area contributed by atoms with Crippen molar-refractivity contribution in [3.05, 3.63) is 52.1 Å². The van der Waals surface area contributed by atoms with E-state index >= 15 is 0 Å². The molecule has 0 fully saturated rings. The number of fused-ring (bicyclic) bond motifs is 1. The number of nitrogens with zero attached hydrogens (tertiary/aromatic N) is 1. The van der Waals surface area contributed by atoms with Crippen LogP contribution in [0, 0.1) is 6.92 Å². The van der Waals surface area contributed by atoms with Crippen LogP contribution in [-0.2, 0) is 11.2 Å². The van der Waals surface area contributed by atoms with E-state index in [4.69, 9.17) is 4.74 Å². The number of H-pyrrole nitrogens is 1. The van der Waals surface area contributed by atoms with Crippen LogP contribution in [0.3, 0.4) is 0 Å². The molecule has 0 atom stereocenters. The average Bonchev–Trinajstić information content (AvgIpc) is 3.19. The lowest BCUT2D eigenvalue weighted by atomic mass is 10.1. The molecule has 0 radical (unpaired) electrons. The molecular formula is C18H19N3O2S. The normalized spacial score (nSPS) is 11.2. The van der Waals surface area contributed by atoms with Gasteiger partial charge in [0.25, 0.3) is 0 Å². The van der Waals surface area contributed by atoms with Crippen LogP contribution in [0.4, 0.5) is 0 Å². The molecule has 0 aliphatic rings. The van der Waals surface area contributed by atoms with Crippen molar-refractivity contribution in [2.45, 2.75) is 13.3 Å². The predicted octanol–water partition coefficient (Wildman–Crippen LogP) is 3.31. The first-order chi connectivity index (χ1) is 11.7. The van der Waals surface area contributed by atoms with Crippen molar-refractivity contribution >= 4 is 34.2 Å². The first-order valence-corrected chi connectivity index (χ1v) is 8.56. The number of hydrogen-bond donors (Lipinski definition) is 2. The van der Waals surface area contributed by atoms with Crippen LogP contribution < -0.4 is 10.1 Å². The van der Waals surface area contributed by atoms with E-state index in [1.807, 2.05) is 36.7 Å². The van der Waals surface area contributed by atoms with Gasteiger partial charge in [0.15, 0.2) is 0 Å². The van der Waals surface area contributed by atoms with Crippen LogP contribution in [0.1, 0.15) is 16.3 Å². The number of methoxy groups -OCH3 is 1. The highest BCUT2D eigenvalue weighted by Gasteiger charge is 2.05. The van der Waals surface area contributed by atoms with Crippen LogP contribution in [-0.4, -0.2) is 29.5 Å². The Hall–Kier alpha value is -2.60. The largest absolute Gasteiger partial charge is 0.497 e. The van der Waals surface area contributed by atoms with Gasteiger partial charge in [-0.2, -0.15) is 0 Å². The van der Waals surface area contributed by atoms with Gasteiger partial charge in [0.2, 0.25) is 5.91 Å². The molecule has 1 amide bonds. The van der Waals surface area contributed by atoms with Crippen LogP contribution >= 0.6 is 11.3 Å². The van der Waals surface area contributed by atoms with Crippen molar-refractivity contribution < 1.29 is 9.53 Å². The highest BCUT2D eigenvalue weighted by molar-refractivity contribution is 7.09. The zero-order chi connectivity index (χ0) is 16.9. The van der Waals surface area contributed by atoms with E-state index in [2.05, 4.69) is 15.3 Å². The number of ether oxygens (including phenoxy) is 1. The molecule has 3 rings (SSSR count). The van der Waals surface area contributed by atoms with E-state index in [0.29, 0.717) is 6.54 Å². The average molecular weight is 341 g/mol. The van der Waals surface area contributed by atoms with Gasteiger partial charge in [-0.25, -0.2) is 4.98 Å². The Kier molecular flexibility index (Phi) is 4.96. The minimum atomic E-state index is -0.113. The molecule has 0 spiro atoms. The zero-order valence-corrected chi connectivity index (χ0v) is 14.4. The monoisotopic (exact) mass is 341 g/mol. The predicted molar refractivity (Wildman–Crippen MR) is 97.4 cm³/mol. The highest BCUT2D eigenvalue weighted by Crippen LogP contribution is 2.23. The molecule has 0 aliphatic heterocycles. The summed E-state index contributed by atoms with van der Waals surface area (Å²) in [5.41, 5.74) is 3.04. The van der Waals surface area contributed by atoms with Gasteiger partial charge in [-0.05, 0) is 43.2 Å². The SMILES string of the molecule is COc1ccc2[nH]cc(CCNC(=O)/C=C/c3csc(C)n3)c2c1. The maximum atomic E-state index is 11.9.